The van der Waals surface area contributed by atoms with Gasteiger partial charge in [-0.05, 0) is 36.4 Å². The first-order chi connectivity index (χ1) is 9.10. The first kappa shape index (κ1) is 13.5. The van der Waals surface area contributed by atoms with Crippen LogP contribution in [0.25, 0.3) is 0 Å². The van der Waals surface area contributed by atoms with Crippen LogP contribution in [0, 0.1) is 5.82 Å². The Bertz CT molecular complexity index is 590. The van der Waals surface area contributed by atoms with Crippen molar-refractivity contribution < 1.29 is 14.2 Å². The number of nitrogens with one attached hydrogen (secondary N) is 1. The normalized spacial score (nSPS) is 10.3. The second-order valence-corrected chi connectivity index (χ2v) is 4.38. The van der Waals surface area contributed by atoms with Crippen molar-refractivity contribution in [3.63, 3.8) is 0 Å². The Kier molecular flexibility index (Phi) is 4.12. The van der Waals surface area contributed by atoms with Gasteiger partial charge in [0.25, 0.3) is 0 Å². The van der Waals surface area contributed by atoms with E-state index in [1.54, 1.807) is 31.4 Å². The molecule has 0 aliphatic heterocycles. The van der Waals surface area contributed by atoms with Gasteiger partial charge < -0.3 is 15.2 Å². The molecule has 0 spiro atoms. The fraction of sp³-hybridized carbons (Fsp3) is 0.143. The molecule has 0 aromatic heterocycles. The van der Waals surface area contributed by atoms with E-state index in [1.165, 1.54) is 12.1 Å². The van der Waals surface area contributed by atoms with E-state index in [4.69, 9.17) is 16.3 Å². The van der Waals surface area contributed by atoms with Gasteiger partial charge >= 0.3 is 0 Å². The summed E-state index contributed by atoms with van der Waals surface area (Å²) in [7, 11) is 1.55. The standard InChI is InChI=1S/C14H13ClFNO2/c1-19-11-3-5-14(18)9(6-11)8-17-10-2-4-12(15)13(16)7-10/h2-7,17-18H,8H2,1H3. The zero-order chi connectivity index (χ0) is 13.8. The number of rotatable bonds is 4. The summed E-state index contributed by atoms with van der Waals surface area (Å²) in [4.78, 5) is 0. The third-order valence-corrected chi connectivity index (χ3v) is 3.00. The van der Waals surface area contributed by atoms with Gasteiger partial charge in [0.2, 0.25) is 0 Å². The molecule has 2 rings (SSSR count). The van der Waals surface area contributed by atoms with Crippen molar-refractivity contribution in [1.29, 1.82) is 0 Å². The molecule has 0 fully saturated rings. The number of anilines is 1. The maximum atomic E-state index is 13.3. The summed E-state index contributed by atoms with van der Waals surface area (Å²) in [5, 5.41) is 12.8. The van der Waals surface area contributed by atoms with Crippen LogP contribution in [-0.4, -0.2) is 12.2 Å². The number of hydrogen-bond donors (Lipinski definition) is 2. The highest BCUT2D eigenvalue weighted by atomic mass is 35.5. The third kappa shape index (κ3) is 3.29. The highest BCUT2D eigenvalue weighted by Crippen LogP contribution is 2.24. The van der Waals surface area contributed by atoms with Crippen molar-refractivity contribution in [2.24, 2.45) is 0 Å². The van der Waals surface area contributed by atoms with Gasteiger partial charge in [0.05, 0.1) is 12.1 Å². The van der Waals surface area contributed by atoms with Crippen LogP contribution in [0.2, 0.25) is 5.02 Å². The molecule has 0 aliphatic carbocycles. The fourth-order valence-electron chi connectivity index (χ4n) is 1.63. The van der Waals surface area contributed by atoms with Crippen molar-refractivity contribution in [2.45, 2.75) is 6.54 Å². The molecule has 2 aromatic rings. The van der Waals surface area contributed by atoms with Gasteiger partial charge in [-0.15, -0.1) is 0 Å². The Balaban J connectivity index is 2.11. The number of halogens is 2. The van der Waals surface area contributed by atoms with Crippen molar-refractivity contribution in [3.05, 3.63) is 52.8 Å². The van der Waals surface area contributed by atoms with E-state index in [9.17, 15) is 9.50 Å². The van der Waals surface area contributed by atoms with E-state index < -0.39 is 5.82 Å². The van der Waals surface area contributed by atoms with E-state index >= 15 is 0 Å². The molecule has 2 N–H and O–H groups in total. The topological polar surface area (TPSA) is 41.5 Å². The lowest BCUT2D eigenvalue weighted by atomic mass is 10.2. The average Bonchev–Trinajstić information content (AvgIpc) is 2.41. The monoisotopic (exact) mass is 281 g/mol. The summed E-state index contributed by atoms with van der Waals surface area (Å²) in [6.45, 7) is 0.351. The number of phenolic OH excluding ortho intramolecular Hbond substituents is 1. The van der Waals surface area contributed by atoms with Crippen molar-refractivity contribution in [2.75, 3.05) is 12.4 Å². The maximum Gasteiger partial charge on any atom is 0.143 e. The first-order valence-corrected chi connectivity index (χ1v) is 6.03. The molecule has 2 aromatic carbocycles. The van der Waals surface area contributed by atoms with Gasteiger partial charge in [0.15, 0.2) is 0 Å². The summed E-state index contributed by atoms with van der Waals surface area (Å²) >= 11 is 5.60. The molecular formula is C14H13ClFNO2. The molecule has 19 heavy (non-hydrogen) atoms. The van der Waals surface area contributed by atoms with Gasteiger partial charge in [-0.25, -0.2) is 4.39 Å². The molecule has 0 amide bonds. The van der Waals surface area contributed by atoms with Crippen molar-refractivity contribution in [3.8, 4) is 11.5 Å². The van der Waals surface area contributed by atoms with E-state index in [0.717, 1.165) is 0 Å². The number of phenols is 1. The number of aromatic hydroxyl groups is 1. The van der Waals surface area contributed by atoms with Crippen LogP contribution in [0.15, 0.2) is 36.4 Å². The Morgan fingerprint density at radius 3 is 2.74 bits per heavy atom. The summed E-state index contributed by atoms with van der Waals surface area (Å²) in [5.41, 5.74) is 1.25. The molecule has 0 saturated carbocycles. The third-order valence-electron chi connectivity index (χ3n) is 2.69. The molecule has 0 aliphatic rings. The van der Waals surface area contributed by atoms with Crippen molar-refractivity contribution >= 4 is 17.3 Å². The van der Waals surface area contributed by atoms with Gasteiger partial charge in [0, 0.05) is 17.8 Å². The quantitative estimate of drug-likeness (QED) is 0.895. The lowest BCUT2D eigenvalue weighted by molar-refractivity contribution is 0.411. The summed E-state index contributed by atoms with van der Waals surface area (Å²) < 4.78 is 18.3. The minimum Gasteiger partial charge on any atom is -0.508 e. The van der Waals surface area contributed by atoms with Crippen molar-refractivity contribution in [1.82, 2.24) is 0 Å². The zero-order valence-corrected chi connectivity index (χ0v) is 11.0. The molecule has 0 unspecified atom stereocenters. The number of benzene rings is 2. The average molecular weight is 282 g/mol. The first-order valence-electron chi connectivity index (χ1n) is 5.65. The molecule has 5 heteroatoms. The van der Waals surface area contributed by atoms with E-state index in [1.807, 2.05) is 0 Å². The number of methoxy groups -OCH3 is 1. The van der Waals surface area contributed by atoms with Gasteiger partial charge in [-0.2, -0.15) is 0 Å². The van der Waals surface area contributed by atoms with E-state index in [-0.39, 0.29) is 10.8 Å². The lowest BCUT2D eigenvalue weighted by Gasteiger charge is -2.10. The maximum absolute atomic E-state index is 13.3. The summed E-state index contributed by atoms with van der Waals surface area (Å²) in [5.74, 6) is 0.321. The molecule has 0 radical (unpaired) electrons. The SMILES string of the molecule is COc1ccc(O)c(CNc2ccc(Cl)c(F)c2)c1. The van der Waals surface area contributed by atoms with E-state index in [0.29, 0.717) is 23.5 Å². The summed E-state index contributed by atoms with van der Waals surface area (Å²) in [6.07, 6.45) is 0. The molecule has 0 saturated heterocycles. The minimum atomic E-state index is -0.485. The highest BCUT2D eigenvalue weighted by Gasteiger charge is 2.05. The Morgan fingerprint density at radius 1 is 1.26 bits per heavy atom. The van der Waals surface area contributed by atoms with E-state index in [2.05, 4.69) is 5.32 Å². The molecule has 100 valence electrons. The van der Waals surface area contributed by atoms with Gasteiger partial charge in [-0.3, -0.25) is 0 Å². The lowest BCUT2D eigenvalue weighted by Crippen LogP contribution is -2.00. The Hall–Kier alpha value is -1.94. The van der Waals surface area contributed by atoms with Crippen LogP contribution in [0.5, 0.6) is 11.5 Å². The molecule has 0 atom stereocenters. The molecule has 3 nitrogen and oxygen atoms in total. The number of hydrogen-bond acceptors (Lipinski definition) is 3. The predicted molar refractivity (Wildman–Crippen MR) is 73.4 cm³/mol. The highest BCUT2D eigenvalue weighted by molar-refractivity contribution is 6.30. The smallest absolute Gasteiger partial charge is 0.143 e. The number of ether oxygens (including phenoxy) is 1. The molecule has 0 heterocycles. The predicted octanol–water partition coefficient (Wildman–Crippen LogP) is 3.81. The van der Waals surface area contributed by atoms with Crippen LogP contribution in [0.1, 0.15) is 5.56 Å². The summed E-state index contributed by atoms with van der Waals surface area (Å²) in [6, 6.07) is 9.39. The van der Waals surface area contributed by atoms with Crippen LogP contribution >= 0.6 is 11.6 Å². The fourth-order valence-corrected chi connectivity index (χ4v) is 1.75. The van der Waals surface area contributed by atoms with Crippen LogP contribution in [0.4, 0.5) is 10.1 Å². The Morgan fingerprint density at radius 2 is 2.05 bits per heavy atom. The Labute approximate surface area is 115 Å². The zero-order valence-electron chi connectivity index (χ0n) is 10.3. The second kappa shape index (κ2) is 5.80. The molecular weight excluding hydrogens is 269 g/mol. The van der Waals surface area contributed by atoms with Gasteiger partial charge in [0.1, 0.15) is 17.3 Å². The van der Waals surface area contributed by atoms with Crippen LogP contribution < -0.4 is 10.1 Å². The second-order valence-electron chi connectivity index (χ2n) is 3.98. The largest absolute Gasteiger partial charge is 0.508 e. The van der Waals surface area contributed by atoms with Crippen LogP contribution in [-0.2, 0) is 6.54 Å². The molecule has 0 bridgehead atoms. The van der Waals surface area contributed by atoms with Gasteiger partial charge in [-0.1, -0.05) is 11.6 Å². The van der Waals surface area contributed by atoms with Crippen LogP contribution in [0.3, 0.4) is 0 Å². The minimum absolute atomic E-state index is 0.0785.